The largest absolute Gasteiger partial charge is 0.347 e. The Morgan fingerprint density at radius 3 is 2.67 bits per heavy atom. The number of aryl methyl sites for hydroxylation is 2. The van der Waals surface area contributed by atoms with E-state index in [9.17, 15) is 4.79 Å². The monoisotopic (exact) mass is 323 g/mol. The Morgan fingerprint density at radius 2 is 2.06 bits per heavy atom. The zero-order valence-corrected chi connectivity index (χ0v) is 12.7. The van der Waals surface area contributed by atoms with Gasteiger partial charge in [-0.2, -0.15) is 0 Å². The topological polar surface area (TPSA) is 29.1 Å². The third-order valence-electron chi connectivity index (χ3n) is 2.68. The molecule has 94 valence electrons. The standard InChI is InChI=1S/C14H14BrNOS/c1-9-3-5-12(10(2)7-9)14(17)16-8-11-4-6-13(15)18-11/h3-7H,8H2,1-2H3,(H,16,17). The zero-order chi connectivity index (χ0) is 13.1. The molecule has 0 bridgehead atoms. The van der Waals surface area contributed by atoms with E-state index < -0.39 is 0 Å². The molecule has 4 heteroatoms. The Balaban J connectivity index is 2.03. The highest BCUT2D eigenvalue weighted by molar-refractivity contribution is 9.11. The van der Waals surface area contributed by atoms with Crippen molar-refractivity contribution >= 4 is 33.2 Å². The van der Waals surface area contributed by atoms with E-state index in [2.05, 4.69) is 21.2 Å². The van der Waals surface area contributed by atoms with Crippen molar-refractivity contribution in [1.82, 2.24) is 5.32 Å². The molecule has 0 saturated carbocycles. The van der Waals surface area contributed by atoms with Crippen LogP contribution in [-0.4, -0.2) is 5.91 Å². The van der Waals surface area contributed by atoms with Gasteiger partial charge in [0.15, 0.2) is 0 Å². The number of carbonyl (C=O) groups is 1. The highest BCUT2D eigenvalue weighted by Crippen LogP contribution is 2.21. The van der Waals surface area contributed by atoms with E-state index in [4.69, 9.17) is 0 Å². The number of carbonyl (C=O) groups excluding carboxylic acids is 1. The normalized spacial score (nSPS) is 10.4. The third kappa shape index (κ3) is 3.21. The van der Waals surface area contributed by atoms with Crippen LogP contribution in [0.2, 0.25) is 0 Å². The van der Waals surface area contributed by atoms with Crippen molar-refractivity contribution in [3.8, 4) is 0 Å². The van der Waals surface area contributed by atoms with Gasteiger partial charge in [0.05, 0.1) is 10.3 Å². The fourth-order valence-corrected chi connectivity index (χ4v) is 3.20. The van der Waals surface area contributed by atoms with Gasteiger partial charge in [-0.1, -0.05) is 17.7 Å². The first kappa shape index (κ1) is 13.3. The molecule has 0 unspecified atom stereocenters. The Morgan fingerprint density at radius 1 is 1.28 bits per heavy atom. The highest BCUT2D eigenvalue weighted by atomic mass is 79.9. The first-order chi connectivity index (χ1) is 8.56. The molecule has 18 heavy (non-hydrogen) atoms. The fourth-order valence-electron chi connectivity index (χ4n) is 1.78. The van der Waals surface area contributed by atoms with Crippen molar-refractivity contribution in [1.29, 1.82) is 0 Å². The van der Waals surface area contributed by atoms with Crippen LogP contribution in [0.4, 0.5) is 0 Å². The molecule has 0 radical (unpaired) electrons. The molecule has 1 amide bonds. The summed E-state index contributed by atoms with van der Waals surface area (Å²) in [6, 6.07) is 9.87. The third-order valence-corrected chi connectivity index (χ3v) is 4.30. The molecular formula is C14H14BrNOS. The summed E-state index contributed by atoms with van der Waals surface area (Å²) in [7, 11) is 0. The van der Waals surface area contributed by atoms with E-state index in [0.717, 1.165) is 19.8 Å². The number of thiophene rings is 1. The van der Waals surface area contributed by atoms with Gasteiger partial charge in [-0.05, 0) is 53.5 Å². The van der Waals surface area contributed by atoms with Gasteiger partial charge in [-0.25, -0.2) is 0 Å². The predicted octanol–water partition coefficient (Wildman–Crippen LogP) is 4.06. The molecule has 0 aliphatic rings. The molecule has 0 saturated heterocycles. The van der Waals surface area contributed by atoms with Crippen LogP contribution in [0.1, 0.15) is 26.4 Å². The van der Waals surface area contributed by atoms with Crippen LogP contribution in [0, 0.1) is 13.8 Å². The number of benzene rings is 1. The first-order valence-electron chi connectivity index (χ1n) is 5.66. The molecule has 0 aliphatic heterocycles. The van der Waals surface area contributed by atoms with E-state index >= 15 is 0 Å². The number of halogens is 1. The zero-order valence-electron chi connectivity index (χ0n) is 10.3. The van der Waals surface area contributed by atoms with E-state index in [-0.39, 0.29) is 5.91 Å². The smallest absolute Gasteiger partial charge is 0.251 e. The van der Waals surface area contributed by atoms with E-state index in [1.807, 2.05) is 44.2 Å². The van der Waals surface area contributed by atoms with Gasteiger partial charge in [0.2, 0.25) is 0 Å². The summed E-state index contributed by atoms with van der Waals surface area (Å²) in [6.07, 6.45) is 0. The first-order valence-corrected chi connectivity index (χ1v) is 7.27. The van der Waals surface area contributed by atoms with E-state index in [0.29, 0.717) is 6.54 Å². The molecule has 2 nitrogen and oxygen atoms in total. The molecule has 1 aromatic heterocycles. The summed E-state index contributed by atoms with van der Waals surface area (Å²) in [5, 5.41) is 2.94. The average molecular weight is 324 g/mol. The molecule has 2 aromatic rings. The molecule has 2 rings (SSSR count). The van der Waals surface area contributed by atoms with Gasteiger partial charge in [-0.3, -0.25) is 4.79 Å². The summed E-state index contributed by atoms with van der Waals surface area (Å²) in [5.74, 6) is -0.0166. The minimum atomic E-state index is -0.0166. The maximum atomic E-state index is 12.0. The molecule has 1 heterocycles. The second kappa shape index (κ2) is 5.67. The van der Waals surface area contributed by atoms with Crippen molar-refractivity contribution in [3.63, 3.8) is 0 Å². The van der Waals surface area contributed by atoms with Crippen molar-refractivity contribution in [2.45, 2.75) is 20.4 Å². The summed E-state index contributed by atoms with van der Waals surface area (Å²) < 4.78 is 1.08. The van der Waals surface area contributed by atoms with Crippen LogP contribution < -0.4 is 5.32 Å². The summed E-state index contributed by atoms with van der Waals surface area (Å²) in [6.45, 7) is 4.56. The quantitative estimate of drug-likeness (QED) is 0.906. The summed E-state index contributed by atoms with van der Waals surface area (Å²) >= 11 is 5.04. The number of hydrogen-bond donors (Lipinski definition) is 1. The molecule has 0 spiro atoms. The lowest BCUT2D eigenvalue weighted by Crippen LogP contribution is -2.23. The molecule has 0 fully saturated rings. The molecule has 1 N–H and O–H groups in total. The average Bonchev–Trinajstić information content (AvgIpc) is 2.72. The van der Waals surface area contributed by atoms with Gasteiger partial charge in [0.25, 0.3) is 5.91 Å². The molecule has 0 aliphatic carbocycles. The number of hydrogen-bond acceptors (Lipinski definition) is 2. The lowest BCUT2D eigenvalue weighted by Gasteiger charge is -2.07. The second-order valence-electron chi connectivity index (χ2n) is 4.21. The van der Waals surface area contributed by atoms with E-state index in [1.165, 1.54) is 5.56 Å². The maximum absolute atomic E-state index is 12.0. The minimum Gasteiger partial charge on any atom is -0.347 e. The van der Waals surface area contributed by atoms with Crippen LogP contribution in [0.25, 0.3) is 0 Å². The summed E-state index contributed by atoms with van der Waals surface area (Å²) in [4.78, 5) is 13.2. The van der Waals surface area contributed by atoms with Crippen LogP contribution >= 0.6 is 27.3 Å². The van der Waals surface area contributed by atoms with Crippen LogP contribution in [0.15, 0.2) is 34.1 Å². The van der Waals surface area contributed by atoms with Crippen molar-refractivity contribution in [2.24, 2.45) is 0 Å². The second-order valence-corrected chi connectivity index (χ2v) is 6.75. The van der Waals surface area contributed by atoms with Crippen molar-refractivity contribution < 1.29 is 4.79 Å². The Kier molecular flexibility index (Phi) is 4.19. The predicted molar refractivity (Wildman–Crippen MR) is 79.1 cm³/mol. The number of nitrogens with one attached hydrogen (secondary N) is 1. The molecule has 0 atom stereocenters. The number of amides is 1. The SMILES string of the molecule is Cc1ccc(C(=O)NCc2ccc(Br)s2)c(C)c1. The van der Waals surface area contributed by atoms with Gasteiger partial charge < -0.3 is 5.32 Å². The highest BCUT2D eigenvalue weighted by Gasteiger charge is 2.08. The minimum absolute atomic E-state index is 0.0166. The van der Waals surface area contributed by atoms with Crippen molar-refractivity contribution in [2.75, 3.05) is 0 Å². The Hall–Kier alpha value is -1.13. The fraction of sp³-hybridized carbons (Fsp3) is 0.214. The molecular weight excluding hydrogens is 310 g/mol. The van der Waals surface area contributed by atoms with Gasteiger partial charge in [0, 0.05) is 10.4 Å². The lowest BCUT2D eigenvalue weighted by molar-refractivity contribution is 0.0950. The van der Waals surface area contributed by atoms with Crippen LogP contribution in [0.5, 0.6) is 0 Å². The van der Waals surface area contributed by atoms with Gasteiger partial charge >= 0.3 is 0 Å². The molecule has 1 aromatic carbocycles. The van der Waals surface area contributed by atoms with Crippen LogP contribution in [0.3, 0.4) is 0 Å². The number of rotatable bonds is 3. The van der Waals surface area contributed by atoms with Crippen molar-refractivity contribution in [3.05, 3.63) is 55.7 Å². The van der Waals surface area contributed by atoms with Gasteiger partial charge in [-0.15, -0.1) is 11.3 Å². The van der Waals surface area contributed by atoms with E-state index in [1.54, 1.807) is 11.3 Å². The summed E-state index contributed by atoms with van der Waals surface area (Å²) in [5.41, 5.74) is 2.93. The van der Waals surface area contributed by atoms with Gasteiger partial charge in [0.1, 0.15) is 0 Å². The Bertz CT molecular complexity index is 577. The lowest BCUT2D eigenvalue weighted by atomic mass is 10.1. The van der Waals surface area contributed by atoms with Crippen LogP contribution in [-0.2, 0) is 6.54 Å². The maximum Gasteiger partial charge on any atom is 0.251 e. The Labute approximate surface area is 119 Å².